The number of hydrogen-bond acceptors (Lipinski definition) is 5. The molecule has 3 rings (SSSR count). The van der Waals surface area contributed by atoms with Crippen molar-refractivity contribution in [2.45, 2.75) is 13.0 Å². The Bertz CT molecular complexity index is 821. The molecule has 2 aromatic carbocycles. The number of carbonyl (C=O) groups excluding carboxylic acids is 1. The van der Waals surface area contributed by atoms with Gasteiger partial charge in [0.25, 0.3) is 5.91 Å². The van der Waals surface area contributed by atoms with Crippen molar-refractivity contribution in [3.8, 4) is 17.6 Å². The summed E-state index contributed by atoms with van der Waals surface area (Å²) >= 11 is 0. The highest BCUT2D eigenvalue weighted by atomic mass is 16.5. The second-order valence-corrected chi connectivity index (χ2v) is 6.38. The predicted octanol–water partition coefficient (Wildman–Crippen LogP) is 2.68. The van der Waals surface area contributed by atoms with Gasteiger partial charge in [0.15, 0.2) is 6.10 Å². The third-order valence-electron chi connectivity index (χ3n) is 4.66. The predicted molar refractivity (Wildman–Crippen MR) is 103 cm³/mol. The van der Waals surface area contributed by atoms with Crippen LogP contribution in [0.2, 0.25) is 0 Å². The Morgan fingerprint density at radius 3 is 2.37 bits per heavy atom. The van der Waals surface area contributed by atoms with E-state index in [0.717, 1.165) is 24.5 Å². The number of benzene rings is 2. The van der Waals surface area contributed by atoms with Gasteiger partial charge in [0.1, 0.15) is 11.5 Å². The molecule has 1 amide bonds. The molecule has 1 fully saturated rings. The van der Waals surface area contributed by atoms with Crippen molar-refractivity contribution in [3.05, 3.63) is 54.1 Å². The van der Waals surface area contributed by atoms with Gasteiger partial charge < -0.3 is 19.3 Å². The lowest BCUT2D eigenvalue weighted by molar-refractivity contribution is -0.138. The molecule has 0 bridgehead atoms. The number of amides is 1. The van der Waals surface area contributed by atoms with Crippen LogP contribution in [-0.2, 0) is 4.79 Å². The molecule has 27 heavy (non-hydrogen) atoms. The van der Waals surface area contributed by atoms with Gasteiger partial charge >= 0.3 is 0 Å². The minimum atomic E-state index is -0.573. The van der Waals surface area contributed by atoms with E-state index in [1.807, 2.05) is 29.2 Å². The van der Waals surface area contributed by atoms with E-state index in [2.05, 4.69) is 11.0 Å². The third-order valence-corrected chi connectivity index (χ3v) is 4.66. The average Bonchev–Trinajstić information content (AvgIpc) is 2.73. The van der Waals surface area contributed by atoms with Gasteiger partial charge in [-0.05, 0) is 43.3 Å². The van der Waals surface area contributed by atoms with E-state index in [1.165, 1.54) is 0 Å². The molecular weight excluding hydrogens is 342 g/mol. The number of nitriles is 1. The van der Waals surface area contributed by atoms with Crippen LogP contribution in [0.3, 0.4) is 0 Å². The monoisotopic (exact) mass is 365 g/mol. The molecule has 6 nitrogen and oxygen atoms in total. The fraction of sp³-hybridized carbons (Fsp3) is 0.333. The Hall–Kier alpha value is -3.20. The fourth-order valence-electron chi connectivity index (χ4n) is 3.18. The van der Waals surface area contributed by atoms with Crippen LogP contribution >= 0.6 is 0 Å². The minimum Gasteiger partial charge on any atom is -0.495 e. The van der Waals surface area contributed by atoms with Gasteiger partial charge in [-0.1, -0.05) is 12.1 Å². The Morgan fingerprint density at radius 2 is 1.74 bits per heavy atom. The number of ether oxygens (including phenoxy) is 2. The SMILES string of the molecule is COc1ccccc1N1CCN(C(=O)[C@@H](C)Oc2ccc(C#N)cc2)CC1. The molecule has 140 valence electrons. The lowest BCUT2D eigenvalue weighted by atomic mass is 10.2. The van der Waals surface area contributed by atoms with Crippen LogP contribution in [0.4, 0.5) is 5.69 Å². The number of hydrogen-bond donors (Lipinski definition) is 0. The van der Waals surface area contributed by atoms with E-state index in [-0.39, 0.29) is 5.91 Å². The van der Waals surface area contributed by atoms with Crippen LogP contribution in [0.15, 0.2) is 48.5 Å². The second kappa shape index (κ2) is 8.45. The summed E-state index contributed by atoms with van der Waals surface area (Å²) < 4.78 is 11.2. The normalized spacial score (nSPS) is 15.0. The zero-order valence-electron chi connectivity index (χ0n) is 15.6. The van der Waals surface area contributed by atoms with Crippen molar-refractivity contribution < 1.29 is 14.3 Å². The van der Waals surface area contributed by atoms with Crippen molar-refractivity contribution >= 4 is 11.6 Å². The second-order valence-electron chi connectivity index (χ2n) is 6.38. The van der Waals surface area contributed by atoms with E-state index in [9.17, 15) is 4.79 Å². The Morgan fingerprint density at radius 1 is 1.07 bits per heavy atom. The Balaban J connectivity index is 1.56. The van der Waals surface area contributed by atoms with Gasteiger partial charge in [-0.15, -0.1) is 0 Å². The van der Waals surface area contributed by atoms with Crippen LogP contribution in [0.1, 0.15) is 12.5 Å². The number of piperazine rings is 1. The molecule has 1 aliphatic rings. The standard InChI is InChI=1S/C21H23N3O3/c1-16(27-18-9-7-17(15-22)8-10-18)21(25)24-13-11-23(12-14-24)19-5-3-4-6-20(19)26-2/h3-10,16H,11-14H2,1-2H3/t16-/m1/s1. The summed E-state index contributed by atoms with van der Waals surface area (Å²) in [5.74, 6) is 1.40. The summed E-state index contributed by atoms with van der Waals surface area (Å²) in [4.78, 5) is 16.8. The van der Waals surface area contributed by atoms with E-state index >= 15 is 0 Å². The Kier molecular flexibility index (Phi) is 5.82. The number of para-hydroxylation sites is 2. The summed E-state index contributed by atoms with van der Waals surface area (Å²) in [5.41, 5.74) is 1.61. The van der Waals surface area contributed by atoms with E-state index in [0.29, 0.717) is 24.4 Å². The molecule has 2 aromatic rings. The topological polar surface area (TPSA) is 65.8 Å². The zero-order chi connectivity index (χ0) is 19.2. The molecule has 0 saturated carbocycles. The molecule has 0 spiro atoms. The molecule has 0 radical (unpaired) electrons. The molecule has 6 heteroatoms. The molecular formula is C21H23N3O3. The summed E-state index contributed by atoms with van der Waals surface area (Å²) in [7, 11) is 1.67. The first kappa shape index (κ1) is 18.6. The van der Waals surface area contributed by atoms with E-state index < -0.39 is 6.10 Å². The average molecular weight is 365 g/mol. The highest BCUT2D eigenvalue weighted by Gasteiger charge is 2.27. The molecule has 0 unspecified atom stereocenters. The lowest BCUT2D eigenvalue weighted by Gasteiger charge is -2.37. The van der Waals surface area contributed by atoms with Gasteiger partial charge in [-0.3, -0.25) is 4.79 Å². The molecule has 1 aliphatic heterocycles. The van der Waals surface area contributed by atoms with E-state index in [1.54, 1.807) is 38.3 Å². The molecule has 1 atom stereocenters. The lowest BCUT2D eigenvalue weighted by Crippen LogP contribution is -2.52. The first-order valence-corrected chi connectivity index (χ1v) is 8.96. The van der Waals surface area contributed by atoms with Crippen LogP contribution in [0, 0.1) is 11.3 Å². The quantitative estimate of drug-likeness (QED) is 0.815. The fourth-order valence-corrected chi connectivity index (χ4v) is 3.18. The Labute approximate surface area is 159 Å². The third kappa shape index (κ3) is 4.32. The molecule has 1 heterocycles. The van der Waals surface area contributed by atoms with Gasteiger partial charge in [0.05, 0.1) is 24.4 Å². The summed E-state index contributed by atoms with van der Waals surface area (Å²) in [5, 5.41) is 8.84. The summed E-state index contributed by atoms with van der Waals surface area (Å²) in [6.45, 7) is 4.52. The zero-order valence-corrected chi connectivity index (χ0v) is 15.6. The van der Waals surface area contributed by atoms with Crippen molar-refractivity contribution in [1.29, 1.82) is 5.26 Å². The number of carbonyl (C=O) groups is 1. The van der Waals surface area contributed by atoms with Gasteiger partial charge in [-0.25, -0.2) is 0 Å². The maximum Gasteiger partial charge on any atom is 0.263 e. The maximum atomic E-state index is 12.7. The molecule has 1 saturated heterocycles. The van der Waals surface area contributed by atoms with Crippen LogP contribution < -0.4 is 14.4 Å². The summed E-state index contributed by atoms with van der Waals surface area (Å²) in [6.07, 6.45) is -0.573. The van der Waals surface area contributed by atoms with Crippen molar-refractivity contribution in [2.75, 3.05) is 38.2 Å². The van der Waals surface area contributed by atoms with Crippen molar-refractivity contribution in [2.24, 2.45) is 0 Å². The molecule has 0 aromatic heterocycles. The largest absolute Gasteiger partial charge is 0.495 e. The first-order valence-electron chi connectivity index (χ1n) is 8.96. The number of anilines is 1. The van der Waals surface area contributed by atoms with Crippen LogP contribution in [0.25, 0.3) is 0 Å². The van der Waals surface area contributed by atoms with E-state index in [4.69, 9.17) is 14.7 Å². The smallest absolute Gasteiger partial charge is 0.263 e. The van der Waals surface area contributed by atoms with Crippen molar-refractivity contribution in [1.82, 2.24) is 4.90 Å². The maximum absolute atomic E-state index is 12.7. The summed E-state index contributed by atoms with van der Waals surface area (Å²) in [6, 6.07) is 16.8. The van der Waals surface area contributed by atoms with Gasteiger partial charge in [-0.2, -0.15) is 5.26 Å². The highest BCUT2D eigenvalue weighted by Crippen LogP contribution is 2.28. The van der Waals surface area contributed by atoms with Gasteiger partial charge in [0, 0.05) is 26.2 Å². The number of nitrogens with zero attached hydrogens (tertiary/aromatic N) is 3. The number of rotatable bonds is 5. The first-order chi connectivity index (χ1) is 13.1. The van der Waals surface area contributed by atoms with Crippen LogP contribution in [0.5, 0.6) is 11.5 Å². The van der Waals surface area contributed by atoms with Crippen molar-refractivity contribution in [3.63, 3.8) is 0 Å². The molecule has 0 N–H and O–H groups in total. The highest BCUT2D eigenvalue weighted by molar-refractivity contribution is 5.81. The molecule has 0 aliphatic carbocycles. The minimum absolute atomic E-state index is 0.0287. The van der Waals surface area contributed by atoms with Gasteiger partial charge in [0.2, 0.25) is 0 Å². The number of methoxy groups -OCH3 is 1. The van der Waals surface area contributed by atoms with Crippen LogP contribution in [-0.4, -0.2) is 50.2 Å².